The Morgan fingerprint density at radius 3 is 2.09 bits per heavy atom. The largest absolute Gasteiger partial charge is 0.247 e. The first-order valence-electron chi connectivity index (χ1n) is 7.43. The Bertz CT molecular complexity index is 711. The average Bonchev–Trinajstić information content (AvgIpc) is 2.51. The fourth-order valence-corrected chi connectivity index (χ4v) is 2.28. The zero-order chi connectivity index (χ0) is 15.8. The van der Waals surface area contributed by atoms with Crippen molar-refractivity contribution in [1.82, 2.24) is 0 Å². The molecule has 2 heteroatoms. The van der Waals surface area contributed by atoms with Crippen LogP contribution >= 0.6 is 0 Å². The summed E-state index contributed by atoms with van der Waals surface area (Å²) < 4.78 is 0. The van der Waals surface area contributed by atoms with Crippen molar-refractivity contribution in [3.63, 3.8) is 0 Å². The van der Waals surface area contributed by atoms with Crippen molar-refractivity contribution >= 4 is 19.9 Å². The Hall–Kier alpha value is -2.37. The van der Waals surface area contributed by atoms with E-state index in [1.54, 1.807) is 0 Å². The molecule has 110 valence electrons. The van der Waals surface area contributed by atoms with Gasteiger partial charge < -0.3 is 0 Å². The van der Waals surface area contributed by atoms with Gasteiger partial charge in [-0.1, -0.05) is 86.2 Å². The molecule has 0 aliphatic heterocycles. The Morgan fingerprint density at radius 1 is 0.909 bits per heavy atom. The smallest absolute Gasteiger partial charge is 0.129 e. The maximum Gasteiger partial charge on any atom is 0.129 e. The summed E-state index contributed by atoms with van der Waals surface area (Å²) in [4.78, 5) is 4.58. The highest BCUT2D eigenvalue weighted by Crippen LogP contribution is 2.05. The molecule has 0 unspecified atom stereocenters. The van der Waals surface area contributed by atoms with Gasteiger partial charge in [0.05, 0.1) is 0 Å². The van der Waals surface area contributed by atoms with Gasteiger partial charge in [0.2, 0.25) is 0 Å². The van der Waals surface area contributed by atoms with Gasteiger partial charge in [-0.3, -0.25) is 0 Å². The standard InChI is InChI=1S/C20H21NSi/c1-22(2,3)17-15-20(19-12-8-5-9-13-19)21-16-14-18-10-6-4-7-11-18/h4-14,16H,1-3H3/b16-14+,21-20?. The molecule has 0 saturated heterocycles. The molecule has 0 heterocycles. The van der Waals surface area contributed by atoms with Crippen molar-refractivity contribution in [1.29, 1.82) is 0 Å². The van der Waals surface area contributed by atoms with E-state index in [1.807, 2.05) is 60.8 Å². The molecular weight excluding hydrogens is 282 g/mol. The molecule has 0 aliphatic carbocycles. The molecule has 22 heavy (non-hydrogen) atoms. The summed E-state index contributed by atoms with van der Waals surface area (Å²) in [5.41, 5.74) is 6.42. The number of hydrogen-bond acceptors (Lipinski definition) is 1. The fourth-order valence-electron chi connectivity index (χ4n) is 1.78. The van der Waals surface area contributed by atoms with E-state index in [-0.39, 0.29) is 0 Å². The van der Waals surface area contributed by atoms with E-state index < -0.39 is 8.07 Å². The first kappa shape index (κ1) is 16.0. The lowest BCUT2D eigenvalue weighted by molar-refractivity contribution is 1.55. The minimum atomic E-state index is -1.42. The van der Waals surface area contributed by atoms with Crippen molar-refractivity contribution in [3.05, 3.63) is 78.0 Å². The normalized spacial score (nSPS) is 12.0. The summed E-state index contributed by atoms with van der Waals surface area (Å²) >= 11 is 0. The van der Waals surface area contributed by atoms with E-state index >= 15 is 0 Å². The van der Waals surface area contributed by atoms with Gasteiger partial charge in [-0.25, -0.2) is 4.99 Å². The van der Waals surface area contributed by atoms with Crippen LogP contribution in [0.25, 0.3) is 6.08 Å². The maximum atomic E-state index is 4.58. The average molecular weight is 303 g/mol. The van der Waals surface area contributed by atoms with Crippen LogP contribution in [-0.4, -0.2) is 13.8 Å². The number of rotatable bonds is 3. The van der Waals surface area contributed by atoms with Gasteiger partial charge in [0.1, 0.15) is 13.8 Å². The van der Waals surface area contributed by atoms with Crippen LogP contribution in [0.3, 0.4) is 0 Å². The summed E-state index contributed by atoms with van der Waals surface area (Å²) in [7, 11) is -1.42. The summed E-state index contributed by atoms with van der Waals surface area (Å²) in [5, 5.41) is 0. The summed E-state index contributed by atoms with van der Waals surface area (Å²) in [6.45, 7) is 6.72. The van der Waals surface area contributed by atoms with E-state index in [0.717, 1.165) is 16.8 Å². The highest BCUT2D eigenvalue weighted by Gasteiger charge is 2.08. The van der Waals surface area contributed by atoms with Crippen LogP contribution < -0.4 is 0 Å². The van der Waals surface area contributed by atoms with Crippen LogP contribution in [0.5, 0.6) is 0 Å². The first-order valence-corrected chi connectivity index (χ1v) is 10.9. The molecule has 0 spiro atoms. The molecule has 2 rings (SSSR count). The Balaban J connectivity index is 2.30. The van der Waals surface area contributed by atoms with Crippen molar-refractivity contribution in [2.75, 3.05) is 0 Å². The number of aliphatic imine (C=N–C) groups is 1. The SMILES string of the molecule is C[Si](C)(C)C#CC(=N/C=C/c1ccccc1)c1ccccc1. The third-order valence-corrected chi connectivity index (χ3v) is 3.75. The maximum absolute atomic E-state index is 4.58. The van der Waals surface area contributed by atoms with Crippen molar-refractivity contribution in [3.8, 4) is 11.5 Å². The molecule has 0 N–H and O–H groups in total. The molecule has 0 fully saturated rings. The van der Waals surface area contributed by atoms with Crippen LogP contribution in [0.2, 0.25) is 19.6 Å². The lowest BCUT2D eigenvalue weighted by Gasteiger charge is -2.04. The summed E-state index contributed by atoms with van der Waals surface area (Å²) in [5.74, 6) is 3.27. The van der Waals surface area contributed by atoms with Gasteiger partial charge >= 0.3 is 0 Å². The predicted molar refractivity (Wildman–Crippen MR) is 99.6 cm³/mol. The molecule has 0 bridgehead atoms. The van der Waals surface area contributed by atoms with E-state index in [2.05, 4.69) is 48.2 Å². The molecule has 0 radical (unpaired) electrons. The lowest BCUT2D eigenvalue weighted by atomic mass is 10.1. The van der Waals surface area contributed by atoms with Crippen LogP contribution in [0.1, 0.15) is 11.1 Å². The minimum Gasteiger partial charge on any atom is -0.247 e. The lowest BCUT2D eigenvalue weighted by Crippen LogP contribution is -2.17. The quantitative estimate of drug-likeness (QED) is 0.428. The monoisotopic (exact) mass is 303 g/mol. The third-order valence-electron chi connectivity index (χ3n) is 2.87. The third kappa shape index (κ3) is 5.55. The number of benzene rings is 2. The summed E-state index contributed by atoms with van der Waals surface area (Å²) in [6, 6.07) is 20.3. The first-order chi connectivity index (χ1) is 10.5. The van der Waals surface area contributed by atoms with Crippen molar-refractivity contribution in [2.45, 2.75) is 19.6 Å². The highest BCUT2D eigenvalue weighted by atomic mass is 28.3. The number of hydrogen-bond donors (Lipinski definition) is 0. The van der Waals surface area contributed by atoms with Gasteiger partial charge in [-0.15, -0.1) is 5.54 Å². The Morgan fingerprint density at radius 2 is 1.50 bits per heavy atom. The molecule has 0 aliphatic rings. The fraction of sp³-hybridized carbons (Fsp3) is 0.150. The Labute approximate surface area is 134 Å². The van der Waals surface area contributed by atoms with Crippen LogP contribution in [-0.2, 0) is 0 Å². The highest BCUT2D eigenvalue weighted by molar-refractivity contribution is 6.84. The van der Waals surface area contributed by atoms with Crippen LogP contribution in [0.4, 0.5) is 0 Å². The van der Waals surface area contributed by atoms with E-state index in [0.29, 0.717) is 0 Å². The molecule has 1 nitrogen and oxygen atoms in total. The minimum absolute atomic E-state index is 0.829. The van der Waals surface area contributed by atoms with Crippen LogP contribution in [0.15, 0.2) is 71.9 Å². The summed E-state index contributed by atoms with van der Waals surface area (Å²) in [6.07, 6.45) is 3.83. The molecule has 0 saturated carbocycles. The predicted octanol–water partition coefficient (Wildman–Crippen LogP) is 5.03. The molecular formula is C20H21NSi. The van der Waals surface area contributed by atoms with Crippen molar-refractivity contribution < 1.29 is 0 Å². The molecule has 2 aromatic rings. The topological polar surface area (TPSA) is 12.4 Å². The second-order valence-corrected chi connectivity index (χ2v) is 10.8. The second-order valence-electron chi connectivity index (χ2n) is 6.07. The van der Waals surface area contributed by atoms with Gasteiger partial charge in [-0.2, -0.15) is 0 Å². The molecule has 2 aromatic carbocycles. The van der Waals surface area contributed by atoms with Gasteiger partial charge in [-0.05, 0) is 11.6 Å². The van der Waals surface area contributed by atoms with Crippen LogP contribution in [0, 0.1) is 11.5 Å². The number of nitrogens with zero attached hydrogens (tertiary/aromatic N) is 1. The van der Waals surface area contributed by atoms with Gasteiger partial charge in [0.15, 0.2) is 0 Å². The van der Waals surface area contributed by atoms with E-state index in [9.17, 15) is 0 Å². The molecule has 0 aromatic heterocycles. The molecule has 0 atom stereocenters. The zero-order valence-electron chi connectivity index (χ0n) is 13.4. The van der Waals surface area contributed by atoms with Gasteiger partial charge in [0, 0.05) is 11.8 Å². The van der Waals surface area contributed by atoms with E-state index in [1.165, 1.54) is 0 Å². The Kier molecular flexibility index (Phi) is 5.52. The van der Waals surface area contributed by atoms with E-state index in [4.69, 9.17) is 0 Å². The zero-order valence-corrected chi connectivity index (χ0v) is 14.4. The molecule has 0 amide bonds. The van der Waals surface area contributed by atoms with Gasteiger partial charge in [0.25, 0.3) is 0 Å². The van der Waals surface area contributed by atoms with Crippen molar-refractivity contribution in [2.24, 2.45) is 4.99 Å². The second kappa shape index (κ2) is 7.58.